The number of nitrogens with zero attached hydrogens (tertiary/aromatic N) is 2. The smallest absolute Gasteiger partial charge is 0.312 e. The number of carboxylic acids is 1. The van der Waals surface area contributed by atoms with Crippen LogP contribution in [-0.4, -0.2) is 72.8 Å². The second-order valence-corrected chi connectivity index (χ2v) is 7.28. The van der Waals surface area contributed by atoms with E-state index < -0.39 is 11.4 Å². The minimum atomic E-state index is -0.760. The van der Waals surface area contributed by atoms with Gasteiger partial charge in [-0.15, -0.1) is 6.58 Å². The Labute approximate surface area is 161 Å². The van der Waals surface area contributed by atoms with E-state index in [1.807, 2.05) is 11.0 Å². The van der Waals surface area contributed by atoms with Crippen LogP contribution in [0.15, 0.2) is 36.5 Å². The maximum Gasteiger partial charge on any atom is 0.312 e. The Hall–Kier alpha value is -2.12. The summed E-state index contributed by atoms with van der Waals surface area (Å²) >= 11 is 0. The molecule has 1 saturated heterocycles. The van der Waals surface area contributed by atoms with Gasteiger partial charge in [0.1, 0.15) is 0 Å². The lowest BCUT2D eigenvalue weighted by Gasteiger charge is -2.38. The highest BCUT2D eigenvalue weighted by atomic mass is 16.5. The summed E-state index contributed by atoms with van der Waals surface area (Å²) in [6, 6.07) is 0. The van der Waals surface area contributed by atoms with E-state index in [9.17, 15) is 9.90 Å². The second kappa shape index (κ2) is 10.3. The number of piperidine rings is 1. The molecule has 0 radical (unpaired) electrons. The van der Waals surface area contributed by atoms with Crippen LogP contribution in [0.5, 0.6) is 0 Å². The van der Waals surface area contributed by atoms with E-state index in [1.54, 1.807) is 0 Å². The van der Waals surface area contributed by atoms with Crippen molar-refractivity contribution in [2.45, 2.75) is 25.7 Å². The van der Waals surface area contributed by atoms with Crippen LogP contribution in [0.4, 0.5) is 0 Å². The van der Waals surface area contributed by atoms with Gasteiger partial charge >= 0.3 is 5.97 Å². The number of carbonyl (C=O) groups is 1. The summed E-state index contributed by atoms with van der Waals surface area (Å²) in [6.45, 7) is 8.33. The first-order valence-corrected chi connectivity index (χ1v) is 9.56. The third kappa shape index (κ3) is 6.22. The fourth-order valence-electron chi connectivity index (χ4n) is 3.47. The number of hydrogen-bond acceptors (Lipinski definition) is 4. The Morgan fingerprint density at radius 1 is 1.41 bits per heavy atom. The van der Waals surface area contributed by atoms with E-state index in [2.05, 4.69) is 29.7 Å². The molecule has 0 aromatic carbocycles. The van der Waals surface area contributed by atoms with Crippen LogP contribution in [0.3, 0.4) is 0 Å². The summed E-state index contributed by atoms with van der Waals surface area (Å²) in [5.41, 5.74) is 5.96. The van der Waals surface area contributed by atoms with Crippen molar-refractivity contribution >= 4 is 11.9 Å². The van der Waals surface area contributed by atoms with E-state index in [0.29, 0.717) is 26.0 Å². The topological polar surface area (TPSA) is 103 Å². The summed E-state index contributed by atoms with van der Waals surface area (Å²) in [7, 11) is 0. The Balaban J connectivity index is 1.70. The Morgan fingerprint density at radius 3 is 2.70 bits per heavy atom. The molecule has 0 unspecified atom stereocenters. The quantitative estimate of drug-likeness (QED) is 0.245. The van der Waals surface area contributed by atoms with Crippen molar-refractivity contribution in [1.82, 2.24) is 9.80 Å². The van der Waals surface area contributed by atoms with Gasteiger partial charge in [-0.2, -0.15) is 0 Å². The zero-order valence-electron chi connectivity index (χ0n) is 16.0. The summed E-state index contributed by atoms with van der Waals surface area (Å²) in [4.78, 5) is 15.8. The third-order valence-electron chi connectivity index (χ3n) is 5.38. The fraction of sp³-hybridized carbons (Fsp3) is 0.600. The maximum atomic E-state index is 11.8. The first-order chi connectivity index (χ1) is 13.0. The number of nitrogens with one attached hydrogen (secondary N) is 1. The molecule has 2 aliphatic heterocycles. The average Bonchev–Trinajstić information content (AvgIpc) is 2.66. The number of hydrogen-bond donors (Lipinski definition) is 3. The number of rotatable bonds is 9. The maximum absolute atomic E-state index is 11.8. The molecule has 0 aliphatic carbocycles. The van der Waals surface area contributed by atoms with Gasteiger partial charge in [0.2, 0.25) is 0 Å². The number of ether oxygens (including phenoxy) is 1. The zero-order chi connectivity index (χ0) is 19.7. The Bertz CT molecular complexity index is 592. The summed E-state index contributed by atoms with van der Waals surface area (Å²) in [5.74, 6) is -0.635. The Morgan fingerprint density at radius 2 is 2.15 bits per heavy atom. The minimum absolute atomic E-state index is 0.116. The van der Waals surface area contributed by atoms with Crippen molar-refractivity contribution < 1.29 is 14.6 Å². The predicted octanol–water partition coefficient (Wildman–Crippen LogP) is 1.83. The molecular weight excluding hydrogens is 344 g/mol. The standard InChI is InChI=1S/C20H32N4O3/c1-2-10-23-13-8-20(9-14-23,18(25)26)16-27-15-4-3-5-17-6-11-24(12-7-17)19(21)22/h2-3,5-6H,1,4,7-16H2,(H3,21,22)(H,25,26). The molecular formula is C20H32N4O3. The van der Waals surface area contributed by atoms with Crippen molar-refractivity contribution in [2.24, 2.45) is 11.1 Å². The lowest BCUT2D eigenvalue weighted by Crippen LogP contribution is -2.47. The number of allylic oxidation sites excluding steroid dienone is 1. The van der Waals surface area contributed by atoms with Gasteiger partial charge in [-0.05, 0) is 44.3 Å². The van der Waals surface area contributed by atoms with E-state index in [-0.39, 0.29) is 12.6 Å². The van der Waals surface area contributed by atoms with Gasteiger partial charge in [0, 0.05) is 19.6 Å². The molecule has 2 aliphatic rings. The van der Waals surface area contributed by atoms with Crippen molar-refractivity contribution in [3.05, 3.63) is 36.5 Å². The van der Waals surface area contributed by atoms with Crippen molar-refractivity contribution in [3.8, 4) is 0 Å². The highest BCUT2D eigenvalue weighted by Gasteiger charge is 2.41. The highest BCUT2D eigenvalue weighted by molar-refractivity contribution is 5.75. The number of carboxylic acid groups (broad SMARTS) is 1. The van der Waals surface area contributed by atoms with Crippen molar-refractivity contribution in [1.29, 1.82) is 5.41 Å². The van der Waals surface area contributed by atoms with E-state index in [1.165, 1.54) is 5.57 Å². The average molecular weight is 377 g/mol. The first-order valence-electron chi connectivity index (χ1n) is 9.56. The van der Waals surface area contributed by atoms with Crippen LogP contribution in [-0.2, 0) is 9.53 Å². The molecule has 0 atom stereocenters. The molecule has 7 nitrogen and oxygen atoms in total. The van der Waals surface area contributed by atoms with Crippen LogP contribution in [0.25, 0.3) is 0 Å². The van der Waals surface area contributed by atoms with E-state index in [4.69, 9.17) is 15.9 Å². The summed E-state index contributed by atoms with van der Waals surface area (Å²) in [6.07, 6.45) is 11.0. The molecule has 0 saturated carbocycles. The molecule has 2 heterocycles. The zero-order valence-corrected chi connectivity index (χ0v) is 16.0. The Kier molecular flexibility index (Phi) is 8.06. The first kappa shape index (κ1) is 21.2. The van der Waals surface area contributed by atoms with Gasteiger partial charge in [0.15, 0.2) is 5.96 Å². The largest absolute Gasteiger partial charge is 0.481 e. The van der Waals surface area contributed by atoms with Gasteiger partial charge in [-0.25, -0.2) is 0 Å². The lowest BCUT2D eigenvalue weighted by molar-refractivity contribution is -0.156. The molecule has 4 N–H and O–H groups in total. The molecule has 7 heteroatoms. The molecule has 1 fully saturated rings. The van der Waals surface area contributed by atoms with Gasteiger partial charge in [-0.3, -0.25) is 15.1 Å². The van der Waals surface area contributed by atoms with E-state index in [0.717, 1.165) is 39.0 Å². The van der Waals surface area contributed by atoms with Crippen LogP contribution < -0.4 is 5.73 Å². The predicted molar refractivity (Wildman–Crippen MR) is 107 cm³/mol. The highest BCUT2D eigenvalue weighted by Crippen LogP contribution is 2.32. The molecule has 2 rings (SSSR count). The fourth-order valence-corrected chi connectivity index (χ4v) is 3.47. The molecule has 0 aromatic heterocycles. The second-order valence-electron chi connectivity index (χ2n) is 7.28. The summed E-state index contributed by atoms with van der Waals surface area (Å²) in [5, 5.41) is 17.1. The van der Waals surface area contributed by atoms with Crippen LogP contribution in [0.1, 0.15) is 25.7 Å². The number of guanidine groups is 1. The number of aliphatic carboxylic acids is 1. The molecule has 0 bridgehead atoms. The third-order valence-corrected chi connectivity index (χ3v) is 5.38. The SMILES string of the molecule is C=CCN1CCC(COCCC=CC2=CCN(C(=N)N)CC2)(C(=O)O)CC1. The number of nitrogens with two attached hydrogens (primary N) is 1. The number of likely N-dealkylation sites (tertiary alicyclic amines) is 1. The molecule has 0 aromatic rings. The van der Waals surface area contributed by atoms with Crippen LogP contribution in [0, 0.1) is 10.8 Å². The van der Waals surface area contributed by atoms with Gasteiger partial charge in [0.25, 0.3) is 0 Å². The molecule has 0 amide bonds. The van der Waals surface area contributed by atoms with Crippen molar-refractivity contribution in [2.75, 3.05) is 45.9 Å². The molecule has 27 heavy (non-hydrogen) atoms. The monoisotopic (exact) mass is 376 g/mol. The minimum Gasteiger partial charge on any atom is -0.481 e. The van der Waals surface area contributed by atoms with Gasteiger partial charge in [0.05, 0.1) is 18.6 Å². The normalized spacial score (nSPS) is 20.4. The van der Waals surface area contributed by atoms with Crippen LogP contribution >= 0.6 is 0 Å². The summed E-state index contributed by atoms with van der Waals surface area (Å²) < 4.78 is 5.73. The van der Waals surface area contributed by atoms with Crippen LogP contribution in [0.2, 0.25) is 0 Å². The van der Waals surface area contributed by atoms with Crippen molar-refractivity contribution in [3.63, 3.8) is 0 Å². The van der Waals surface area contributed by atoms with Gasteiger partial charge in [-0.1, -0.05) is 24.3 Å². The van der Waals surface area contributed by atoms with E-state index >= 15 is 0 Å². The molecule has 150 valence electrons. The lowest BCUT2D eigenvalue weighted by atomic mass is 9.79. The van der Waals surface area contributed by atoms with Gasteiger partial charge < -0.3 is 20.5 Å². The molecule has 0 spiro atoms.